The lowest BCUT2D eigenvalue weighted by Crippen LogP contribution is -2.57. The molecule has 2 heterocycles. The number of thiazole rings is 1. The molecule has 3 amide bonds. The molecule has 1 saturated heterocycles. The first-order chi connectivity index (χ1) is 23.9. The predicted octanol–water partition coefficient (Wildman–Crippen LogP) is 3.96. The third-order valence-electron chi connectivity index (χ3n) is 8.90. The van der Waals surface area contributed by atoms with Gasteiger partial charge in [0.05, 0.1) is 29.3 Å². The fourth-order valence-corrected chi connectivity index (χ4v) is 8.36. The summed E-state index contributed by atoms with van der Waals surface area (Å²) >= 11 is 1.44. The van der Waals surface area contributed by atoms with Crippen LogP contribution in [0, 0.1) is 16.7 Å². The lowest BCUT2D eigenvalue weighted by atomic mass is 9.95. The molecule has 15 heteroatoms. The SMILES string of the molecule is CC[C@H](C)[C@@H](C(=O)N[C@@H](Cc1ccccc1)[C@H](O)CN(CC(C)C)S(=O)(=O)c1ccc(CN=O)cc1)N1CCN(Cc2csc(CN)n2)C1=O. The second-order valence-electron chi connectivity index (χ2n) is 13.2. The molecule has 1 aliphatic heterocycles. The Balaban J connectivity index is 1.58. The molecular formula is C35H49N7O6S2. The van der Waals surface area contributed by atoms with Crippen LogP contribution in [0.25, 0.3) is 0 Å². The number of carbonyl (C=O) groups excluding carboxylic acids is 2. The minimum absolute atomic E-state index is 0.0227. The van der Waals surface area contributed by atoms with Gasteiger partial charge >= 0.3 is 6.03 Å². The Labute approximate surface area is 298 Å². The number of aliphatic hydroxyl groups is 1. The first-order valence-electron chi connectivity index (χ1n) is 17.0. The highest BCUT2D eigenvalue weighted by molar-refractivity contribution is 7.89. The summed E-state index contributed by atoms with van der Waals surface area (Å²) in [7, 11) is -4.06. The van der Waals surface area contributed by atoms with Crippen LogP contribution in [-0.4, -0.2) is 88.9 Å². The van der Waals surface area contributed by atoms with Crippen molar-refractivity contribution in [3.05, 3.63) is 86.7 Å². The van der Waals surface area contributed by atoms with Crippen molar-refractivity contribution in [2.75, 3.05) is 26.2 Å². The van der Waals surface area contributed by atoms with E-state index in [-0.39, 0.29) is 48.8 Å². The molecule has 13 nitrogen and oxygen atoms in total. The van der Waals surface area contributed by atoms with Gasteiger partial charge in [0, 0.05) is 38.1 Å². The molecular weight excluding hydrogens is 679 g/mol. The molecule has 1 fully saturated rings. The Hall–Kier alpha value is -3.76. The molecule has 1 aliphatic rings. The summed E-state index contributed by atoms with van der Waals surface area (Å²) in [4.78, 5) is 46.4. The predicted molar refractivity (Wildman–Crippen MR) is 193 cm³/mol. The second kappa shape index (κ2) is 17.9. The number of benzene rings is 2. The summed E-state index contributed by atoms with van der Waals surface area (Å²) in [6.07, 6.45) is -0.435. The lowest BCUT2D eigenvalue weighted by molar-refractivity contribution is -0.128. The first kappa shape index (κ1) is 39.0. The van der Waals surface area contributed by atoms with Gasteiger partial charge < -0.3 is 26.0 Å². The molecule has 0 bridgehead atoms. The van der Waals surface area contributed by atoms with Crippen LogP contribution >= 0.6 is 11.3 Å². The maximum absolute atomic E-state index is 14.2. The number of aliphatic hydroxyl groups excluding tert-OH is 1. The van der Waals surface area contributed by atoms with Crippen molar-refractivity contribution in [3.8, 4) is 0 Å². The van der Waals surface area contributed by atoms with Crippen molar-refractivity contribution in [3.63, 3.8) is 0 Å². The number of nitroso groups, excluding NO2 is 1. The van der Waals surface area contributed by atoms with E-state index >= 15 is 0 Å². The molecule has 50 heavy (non-hydrogen) atoms. The van der Waals surface area contributed by atoms with Crippen LogP contribution in [0.1, 0.15) is 55.9 Å². The number of rotatable bonds is 19. The zero-order valence-electron chi connectivity index (χ0n) is 29.1. The van der Waals surface area contributed by atoms with Gasteiger partial charge in [-0.1, -0.05) is 81.8 Å². The second-order valence-corrected chi connectivity index (χ2v) is 16.1. The van der Waals surface area contributed by atoms with E-state index in [2.05, 4.69) is 15.5 Å². The van der Waals surface area contributed by atoms with Crippen molar-refractivity contribution >= 4 is 33.3 Å². The van der Waals surface area contributed by atoms with Crippen molar-refractivity contribution in [2.24, 2.45) is 22.7 Å². The Morgan fingerprint density at radius 2 is 1.78 bits per heavy atom. The summed E-state index contributed by atoms with van der Waals surface area (Å²) in [5.74, 6) is -0.680. The zero-order chi connectivity index (χ0) is 36.4. The van der Waals surface area contributed by atoms with Crippen LogP contribution in [0.15, 0.2) is 70.0 Å². The van der Waals surface area contributed by atoms with E-state index in [0.29, 0.717) is 38.2 Å². The molecule has 3 aromatic rings. The van der Waals surface area contributed by atoms with E-state index in [1.165, 1.54) is 27.8 Å². The molecule has 4 atom stereocenters. The van der Waals surface area contributed by atoms with E-state index in [1.807, 2.05) is 63.4 Å². The van der Waals surface area contributed by atoms with Gasteiger partial charge in [0.2, 0.25) is 15.9 Å². The molecule has 2 aromatic carbocycles. The Morgan fingerprint density at radius 1 is 1.08 bits per heavy atom. The molecule has 272 valence electrons. The van der Waals surface area contributed by atoms with Gasteiger partial charge in [-0.3, -0.25) is 4.79 Å². The highest BCUT2D eigenvalue weighted by Crippen LogP contribution is 2.24. The van der Waals surface area contributed by atoms with Crippen LogP contribution in [0.4, 0.5) is 4.79 Å². The number of nitrogens with two attached hydrogens (primary N) is 1. The number of carbonyl (C=O) groups is 2. The average molecular weight is 728 g/mol. The molecule has 0 unspecified atom stereocenters. The maximum Gasteiger partial charge on any atom is 0.321 e. The third-order valence-corrected chi connectivity index (χ3v) is 11.7. The van der Waals surface area contributed by atoms with Crippen molar-refractivity contribution in [2.45, 2.75) is 83.3 Å². The minimum Gasteiger partial charge on any atom is -0.390 e. The van der Waals surface area contributed by atoms with Gasteiger partial charge in [0.1, 0.15) is 17.6 Å². The topological polar surface area (TPSA) is 179 Å². The molecule has 1 aromatic heterocycles. The van der Waals surface area contributed by atoms with E-state index in [1.54, 1.807) is 21.9 Å². The third kappa shape index (κ3) is 9.94. The van der Waals surface area contributed by atoms with Gasteiger partial charge in [-0.25, -0.2) is 18.2 Å². The number of urea groups is 1. The summed E-state index contributed by atoms with van der Waals surface area (Å²) in [6.45, 7) is 8.84. The van der Waals surface area contributed by atoms with Crippen LogP contribution in [0.2, 0.25) is 0 Å². The largest absolute Gasteiger partial charge is 0.390 e. The molecule has 4 rings (SSSR count). The first-order valence-corrected chi connectivity index (χ1v) is 19.3. The Morgan fingerprint density at radius 3 is 2.38 bits per heavy atom. The highest BCUT2D eigenvalue weighted by atomic mass is 32.2. The number of aromatic nitrogens is 1. The monoisotopic (exact) mass is 727 g/mol. The lowest BCUT2D eigenvalue weighted by Gasteiger charge is -2.35. The van der Waals surface area contributed by atoms with Crippen LogP contribution in [0.5, 0.6) is 0 Å². The van der Waals surface area contributed by atoms with Crippen LogP contribution in [0.3, 0.4) is 0 Å². The van der Waals surface area contributed by atoms with Gasteiger partial charge in [-0.05, 0) is 41.5 Å². The normalized spacial score (nSPS) is 16.1. The summed E-state index contributed by atoms with van der Waals surface area (Å²) in [5, 5.41) is 20.3. The number of nitrogens with zero attached hydrogens (tertiary/aromatic N) is 5. The van der Waals surface area contributed by atoms with Crippen molar-refractivity contribution < 1.29 is 23.1 Å². The maximum atomic E-state index is 14.2. The number of sulfonamides is 1. The van der Waals surface area contributed by atoms with E-state index in [0.717, 1.165) is 16.3 Å². The van der Waals surface area contributed by atoms with E-state index in [4.69, 9.17) is 5.73 Å². The fraction of sp³-hybridized carbons (Fsp3) is 0.514. The van der Waals surface area contributed by atoms with Crippen LogP contribution < -0.4 is 11.1 Å². The van der Waals surface area contributed by atoms with E-state index in [9.17, 15) is 28.0 Å². The van der Waals surface area contributed by atoms with Gasteiger partial charge in [-0.2, -0.15) is 9.21 Å². The number of amides is 3. The zero-order valence-corrected chi connectivity index (χ0v) is 30.8. The number of nitrogens with one attached hydrogen (secondary N) is 1. The number of hydrogen-bond donors (Lipinski definition) is 3. The summed E-state index contributed by atoms with van der Waals surface area (Å²) in [5.41, 5.74) is 7.89. The Kier molecular flexibility index (Phi) is 14.0. The Bertz CT molecular complexity index is 1670. The number of hydrogen-bond acceptors (Lipinski definition) is 10. The quantitative estimate of drug-likeness (QED) is 0.155. The van der Waals surface area contributed by atoms with Gasteiger partial charge in [0.15, 0.2) is 0 Å². The molecule has 0 radical (unpaired) electrons. The summed E-state index contributed by atoms with van der Waals surface area (Å²) in [6, 6.07) is 13.3. The van der Waals surface area contributed by atoms with Gasteiger partial charge in [0.25, 0.3) is 0 Å². The van der Waals surface area contributed by atoms with Crippen molar-refractivity contribution in [1.29, 1.82) is 0 Å². The molecule has 0 saturated carbocycles. The summed E-state index contributed by atoms with van der Waals surface area (Å²) < 4.78 is 29.0. The minimum atomic E-state index is -4.06. The molecule has 0 spiro atoms. The smallest absolute Gasteiger partial charge is 0.321 e. The van der Waals surface area contributed by atoms with E-state index < -0.39 is 34.1 Å². The standard InChI is InChI=1S/C35H49N7O6S2/c1-5-25(4)33(42-16-15-40(35(42)45)21-28-23-49-32(18-36)38-28)34(44)39-30(17-26-9-7-6-8-10-26)31(43)22-41(20-24(2)3)50(47,48)29-13-11-27(12-14-29)19-37-46/h6-14,23-25,30-31,33,43H,5,15-22,36H2,1-4H3,(H,39,44)/t25-,30-,31+,33-/m0/s1. The van der Waals surface area contributed by atoms with Crippen molar-refractivity contribution in [1.82, 2.24) is 24.4 Å². The average Bonchev–Trinajstić information content (AvgIpc) is 3.70. The molecule has 0 aliphatic carbocycles. The highest BCUT2D eigenvalue weighted by Gasteiger charge is 2.41. The fourth-order valence-electron chi connectivity index (χ4n) is 6.07. The van der Waals surface area contributed by atoms with Crippen LogP contribution in [-0.2, 0) is 40.9 Å². The van der Waals surface area contributed by atoms with Gasteiger partial charge in [-0.15, -0.1) is 11.3 Å². The molecule has 4 N–H and O–H groups in total.